The lowest BCUT2D eigenvalue weighted by Gasteiger charge is -2.12. The van der Waals surface area contributed by atoms with Gasteiger partial charge in [-0.2, -0.15) is 0 Å². The Labute approximate surface area is 179 Å². The van der Waals surface area contributed by atoms with Crippen molar-refractivity contribution >= 4 is 11.8 Å². The van der Waals surface area contributed by atoms with E-state index >= 15 is 0 Å². The first-order valence-electron chi connectivity index (χ1n) is 9.60. The molecule has 0 aliphatic carbocycles. The molecule has 0 atom stereocenters. The number of aromatic nitrogens is 3. The van der Waals surface area contributed by atoms with Crippen LogP contribution in [0.15, 0.2) is 71.9 Å². The molecule has 1 aromatic heterocycles. The molecule has 0 aliphatic rings. The standard InChI is InChI=1S/C24H22FN3OS/c1-16-8-9-17(2)18(14-16)15-30-24-27-26-23(21-6-4-5-7-22(21)25)28(24)19-10-12-20(29-3)13-11-19/h4-14H,15H2,1-3H3. The minimum Gasteiger partial charge on any atom is -0.497 e. The van der Waals surface area contributed by atoms with Crippen molar-refractivity contribution in [1.82, 2.24) is 14.8 Å². The van der Waals surface area contributed by atoms with Gasteiger partial charge >= 0.3 is 0 Å². The number of rotatable bonds is 6. The van der Waals surface area contributed by atoms with Crippen LogP contribution in [0.4, 0.5) is 4.39 Å². The molecule has 0 aliphatic heterocycles. The van der Waals surface area contributed by atoms with E-state index in [1.807, 2.05) is 28.8 Å². The normalized spacial score (nSPS) is 10.9. The second kappa shape index (κ2) is 8.71. The minimum absolute atomic E-state index is 0.328. The van der Waals surface area contributed by atoms with Crippen molar-refractivity contribution in [2.45, 2.75) is 24.8 Å². The molecule has 152 valence electrons. The second-order valence-electron chi connectivity index (χ2n) is 7.04. The molecule has 4 aromatic rings. The molecule has 0 radical (unpaired) electrons. The van der Waals surface area contributed by atoms with Crippen LogP contribution in [0, 0.1) is 19.7 Å². The topological polar surface area (TPSA) is 39.9 Å². The fourth-order valence-corrected chi connectivity index (χ4v) is 4.26. The minimum atomic E-state index is -0.328. The van der Waals surface area contributed by atoms with Crippen molar-refractivity contribution in [3.05, 3.63) is 89.2 Å². The monoisotopic (exact) mass is 419 g/mol. The maximum absolute atomic E-state index is 14.5. The van der Waals surface area contributed by atoms with Gasteiger partial charge in [0.1, 0.15) is 11.6 Å². The number of nitrogens with zero attached hydrogens (tertiary/aromatic N) is 3. The molecular weight excluding hydrogens is 397 g/mol. The van der Waals surface area contributed by atoms with Gasteiger partial charge in [0.15, 0.2) is 11.0 Å². The number of ether oxygens (including phenoxy) is 1. The molecule has 0 amide bonds. The van der Waals surface area contributed by atoms with E-state index in [4.69, 9.17) is 4.74 Å². The molecule has 0 spiro atoms. The molecule has 1 heterocycles. The summed E-state index contributed by atoms with van der Waals surface area (Å²) >= 11 is 1.58. The Bertz CT molecular complexity index is 1170. The number of hydrogen-bond acceptors (Lipinski definition) is 4. The smallest absolute Gasteiger partial charge is 0.196 e. The first kappa shape index (κ1) is 20.2. The van der Waals surface area contributed by atoms with Gasteiger partial charge in [-0.05, 0) is 61.4 Å². The largest absolute Gasteiger partial charge is 0.497 e. The van der Waals surface area contributed by atoms with E-state index in [9.17, 15) is 4.39 Å². The van der Waals surface area contributed by atoms with Crippen LogP contribution in [0.25, 0.3) is 17.1 Å². The van der Waals surface area contributed by atoms with Crippen LogP contribution in [0.3, 0.4) is 0 Å². The van der Waals surface area contributed by atoms with Crippen LogP contribution in [0.5, 0.6) is 5.75 Å². The summed E-state index contributed by atoms with van der Waals surface area (Å²) in [5.41, 5.74) is 4.97. The highest BCUT2D eigenvalue weighted by Gasteiger charge is 2.19. The summed E-state index contributed by atoms with van der Waals surface area (Å²) in [6, 6.07) is 20.7. The van der Waals surface area contributed by atoms with Gasteiger partial charge in [0.05, 0.1) is 18.4 Å². The van der Waals surface area contributed by atoms with Crippen molar-refractivity contribution in [3.63, 3.8) is 0 Å². The summed E-state index contributed by atoms with van der Waals surface area (Å²) in [5, 5.41) is 9.44. The van der Waals surface area contributed by atoms with Gasteiger partial charge in [-0.15, -0.1) is 10.2 Å². The Kier molecular flexibility index (Phi) is 5.86. The molecule has 4 nitrogen and oxygen atoms in total. The zero-order valence-electron chi connectivity index (χ0n) is 17.1. The first-order valence-corrected chi connectivity index (χ1v) is 10.6. The first-order chi connectivity index (χ1) is 14.6. The van der Waals surface area contributed by atoms with Crippen molar-refractivity contribution in [3.8, 4) is 22.8 Å². The molecule has 0 N–H and O–H groups in total. The highest BCUT2D eigenvalue weighted by Crippen LogP contribution is 2.32. The maximum atomic E-state index is 14.5. The van der Waals surface area contributed by atoms with Crippen LogP contribution < -0.4 is 4.74 Å². The summed E-state index contributed by atoms with van der Waals surface area (Å²) in [6.07, 6.45) is 0. The SMILES string of the molecule is COc1ccc(-n2c(SCc3cc(C)ccc3C)nnc2-c2ccccc2F)cc1. The van der Waals surface area contributed by atoms with E-state index in [1.54, 1.807) is 37.1 Å². The van der Waals surface area contributed by atoms with Crippen LogP contribution >= 0.6 is 11.8 Å². The highest BCUT2D eigenvalue weighted by molar-refractivity contribution is 7.98. The number of methoxy groups -OCH3 is 1. The van der Waals surface area contributed by atoms with Gasteiger partial charge in [0.2, 0.25) is 0 Å². The van der Waals surface area contributed by atoms with E-state index < -0.39 is 0 Å². The zero-order chi connectivity index (χ0) is 21.1. The number of hydrogen-bond donors (Lipinski definition) is 0. The van der Waals surface area contributed by atoms with E-state index in [-0.39, 0.29) is 5.82 Å². The Hall–Kier alpha value is -3.12. The Morgan fingerprint density at radius 1 is 0.967 bits per heavy atom. The summed E-state index contributed by atoms with van der Waals surface area (Å²) in [7, 11) is 1.63. The van der Waals surface area contributed by atoms with Crippen molar-refractivity contribution in [1.29, 1.82) is 0 Å². The molecule has 3 aromatic carbocycles. The number of halogens is 1. The maximum Gasteiger partial charge on any atom is 0.196 e. The second-order valence-corrected chi connectivity index (χ2v) is 7.98. The molecule has 0 saturated carbocycles. The summed E-state index contributed by atoms with van der Waals surface area (Å²) in [4.78, 5) is 0. The summed E-state index contributed by atoms with van der Waals surface area (Å²) in [5.74, 6) is 1.65. The van der Waals surface area contributed by atoms with Crippen LogP contribution in [-0.4, -0.2) is 21.9 Å². The number of thioether (sulfide) groups is 1. The van der Waals surface area contributed by atoms with E-state index in [2.05, 4.69) is 42.2 Å². The van der Waals surface area contributed by atoms with Gasteiger partial charge in [-0.3, -0.25) is 4.57 Å². The van der Waals surface area contributed by atoms with Crippen molar-refractivity contribution in [2.75, 3.05) is 7.11 Å². The van der Waals surface area contributed by atoms with Crippen molar-refractivity contribution in [2.24, 2.45) is 0 Å². The fourth-order valence-electron chi connectivity index (χ4n) is 3.24. The summed E-state index contributed by atoms with van der Waals surface area (Å²) in [6.45, 7) is 4.19. The van der Waals surface area contributed by atoms with Gasteiger partial charge in [0, 0.05) is 5.75 Å². The van der Waals surface area contributed by atoms with Gasteiger partial charge in [0.25, 0.3) is 0 Å². The molecule has 0 bridgehead atoms. The average Bonchev–Trinajstić information content (AvgIpc) is 3.18. The summed E-state index contributed by atoms with van der Waals surface area (Å²) < 4.78 is 21.7. The van der Waals surface area contributed by atoms with E-state index in [0.29, 0.717) is 16.5 Å². The third-order valence-corrected chi connectivity index (χ3v) is 5.92. The number of aryl methyl sites for hydroxylation is 2. The lowest BCUT2D eigenvalue weighted by Crippen LogP contribution is -2.01. The molecule has 6 heteroatoms. The Balaban J connectivity index is 1.76. The van der Waals surface area contributed by atoms with Crippen LogP contribution in [0.2, 0.25) is 0 Å². The Morgan fingerprint density at radius 2 is 1.73 bits per heavy atom. The van der Waals surface area contributed by atoms with Crippen molar-refractivity contribution < 1.29 is 9.13 Å². The van der Waals surface area contributed by atoms with E-state index in [1.165, 1.54) is 22.8 Å². The fraction of sp³-hybridized carbons (Fsp3) is 0.167. The average molecular weight is 420 g/mol. The third-order valence-electron chi connectivity index (χ3n) is 4.94. The lowest BCUT2D eigenvalue weighted by molar-refractivity contribution is 0.414. The predicted octanol–water partition coefficient (Wildman–Crippen LogP) is 5.99. The quantitative estimate of drug-likeness (QED) is 0.360. The predicted molar refractivity (Wildman–Crippen MR) is 119 cm³/mol. The van der Waals surface area contributed by atoms with Gasteiger partial charge in [-0.25, -0.2) is 4.39 Å². The van der Waals surface area contributed by atoms with Gasteiger partial charge < -0.3 is 4.74 Å². The molecular formula is C24H22FN3OS. The highest BCUT2D eigenvalue weighted by atomic mass is 32.2. The third kappa shape index (κ3) is 4.09. The van der Waals surface area contributed by atoms with Crippen LogP contribution in [0.1, 0.15) is 16.7 Å². The molecule has 0 saturated heterocycles. The molecule has 4 rings (SSSR count). The number of benzene rings is 3. The molecule has 0 unspecified atom stereocenters. The molecule has 30 heavy (non-hydrogen) atoms. The van der Waals surface area contributed by atoms with Gasteiger partial charge in [-0.1, -0.05) is 47.7 Å². The zero-order valence-corrected chi connectivity index (χ0v) is 17.9. The molecule has 0 fully saturated rings. The van der Waals surface area contributed by atoms with E-state index in [0.717, 1.165) is 17.2 Å². The Morgan fingerprint density at radius 3 is 2.47 bits per heavy atom. The van der Waals surface area contributed by atoms with Crippen LogP contribution in [-0.2, 0) is 5.75 Å². The lowest BCUT2D eigenvalue weighted by atomic mass is 10.1.